The molecule has 1 atom stereocenters. The molecular weight excluding hydrogens is 370 g/mol. The van der Waals surface area contributed by atoms with Gasteiger partial charge in [-0.15, -0.1) is 0 Å². The Hall–Kier alpha value is -1.21. The first-order chi connectivity index (χ1) is 11.9. The zero-order valence-electron chi connectivity index (χ0n) is 13.6. The fourth-order valence-corrected chi connectivity index (χ4v) is 4.08. The van der Waals surface area contributed by atoms with Crippen molar-refractivity contribution in [1.29, 1.82) is 0 Å². The van der Waals surface area contributed by atoms with Gasteiger partial charge in [0.05, 0.1) is 11.0 Å². The minimum Gasteiger partial charge on any atom is -0.353 e. The summed E-state index contributed by atoms with van der Waals surface area (Å²) in [5.41, 5.74) is -0.0549. The Kier molecular flexibility index (Phi) is 4.27. The molecule has 0 aromatic carbocycles. The van der Waals surface area contributed by atoms with E-state index in [2.05, 4.69) is 9.97 Å². The van der Waals surface area contributed by atoms with Crippen molar-refractivity contribution in [3.05, 3.63) is 37.7 Å². The van der Waals surface area contributed by atoms with Crippen molar-refractivity contribution in [3.8, 4) is 0 Å². The van der Waals surface area contributed by atoms with Crippen LogP contribution < -0.4 is 5.56 Å². The van der Waals surface area contributed by atoms with Gasteiger partial charge in [0, 0.05) is 23.3 Å². The number of hydrogen-bond acceptors (Lipinski definition) is 4. The van der Waals surface area contributed by atoms with E-state index in [1.165, 1.54) is 0 Å². The maximum absolute atomic E-state index is 14.8. The quantitative estimate of drug-likeness (QED) is 0.802. The molecule has 8 heteroatoms. The summed E-state index contributed by atoms with van der Waals surface area (Å²) < 4.78 is 26.7. The van der Waals surface area contributed by atoms with Crippen LogP contribution in [0.15, 0.2) is 4.79 Å². The number of halogens is 3. The molecule has 0 bridgehead atoms. The number of ether oxygens (including phenoxy) is 2. The van der Waals surface area contributed by atoms with Crippen LogP contribution >= 0.6 is 23.2 Å². The predicted octanol–water partition coefficient (Wildman–Crippen LogP) is 4.21. The highest BCUT2D eigenvalue weighted by molar-refractivity contribution is 6.36. The Morgan fingerprint density at radius 2 is 2.04 bits per heavy atom. The Morgan fingerprint density at radius 3 is 2.68 bits per heavy atom. The number of aromatic nitrogens is 2. The van der Waals surface area contributed by atoms with Crippen LogP contribution in [0.1, 0.15) is 43.4 Å². The van der Waals surface area contributed by atoms with Gasteiger partial charge in [-0.1, -0.05) is 23.2 Å². The van der Waals surface area contributed by atoms with Gasteiger partial charge >= 0.3 is 0 Å². The molecule has 3 heterocycles. The predicted molar refractivity (Wildman–Crippen MR) is 92.7 cm³/mol. The van der Waals surface area contributed by atoms with Crippen LogP contribution in [0.25, 0.3) is 10.8 Å². The van der Waals surface area contributed by atoms with Crippen molar-refractivity contribution in [2.75, 3.05) is 6.61 Å². The van der Waals surface area contributed by atoms with Gasteiger partial charge in [-0.3, -0.25) is 4.79 Å². The number of rotatable bonds is 3. The minimum atomic E-state index is -0.746. The molecule has 2 aliphatic rings. The first kappa shape index (κ1) is 17.2. The third-order valence-corrected chi connectivity index (χ3v) is 5.38. The van der Waals surface area contributed by atoms with Crippen molar-refractivity contribution in [2.45, 2.75) is 50.9 Å². The molecular formula is C17H17Cl2FN2O3. The van der Waals surface area contributed by atoms with Crippen molar-refractivity contribution in [2.24, 2.45) is 0 Å². The number of aryl methyl sites for hydroxylation is 1. The number of fused-ring (bicyclic) bond motifs is 1. The summed E-state index contributed by atoms with van der Waals surface area (Å²) >= 11 is 12.0. The summed E-state index contributed by atoms with van der Waals surface area (Å²) in [6.07, 6.45) is 3.94. The van der Waals surface area contributed by atoms with E-state index in [0.717, 1.165) is 19.3 Å². The Morgan fingerprint density at radius 1 is 1.28 bits per heavy atom. The highest BCUT2D eigenvalue weighted by atomic mass is 35.5. The second-order valence-corrected chi connectivity index (χ2v) is 7.34. The summed E-state index contributed by atoms with van der Waals surface area (Å²) in [6, 6.07) is 0. The molecule has 1 aliphatic heterocycles. The molecule has 1 unspecified atom stereocenters. The van der Waals surface area contributed by atoms with E-state index < -0.39 is 17.0 Å². The topological polar surface area (TPSA) is 64.2 Å². The lowest BCUT2D eigenvalue weighted by molar-refractivity contribution is -0.199. The molecule has 0 amide bonds. The van der Waals surface area contributed by atoms with Crippen LogP contribution in [-0.4, -0.2) is 22.9 Å². The molecule has 2 aromatic heterocycles. The van der Waals surface area contributed by atoms with E-state index in [4.69, 9.17) is 32.7 Å². The van der Waals surface area contributed by atoms with Crippen LogP contribution in [0.2, 0.25) is 10.3 Å². The third-order valence-electron chi connectivity index (χ3n) is 4.86. The average molecular weight is 387 g/mol. The van der Waals surface area contributed by atoms with Gasteiger partial charge in [-0.05, 0) is 39.0 Å². The number of nitrogens with zero attached hydrogens (tertiary/aromatic N) is 1. The molecule has 1 aliphatic carbocycles. The van der Waals surface area contributed by atoms with Crippen LogP contribution in [0, 0.1) is 12.7 Å². The largest absolute Gasteiger partial charge is 0.353 e. The number of nitrogens with one attached hydrogen (secondary N) is 1. The van der Waals surface area contributed by atoms with E-state index in [1.807, 2.05) is 0 Å². The van der Waals surface area contributed by atoms with Crippen LogP contribution in [-0.2, 0) is 15.1 Å². The van der Waals surface area contributed by atoms with Crippen molar-refractivity contribution in [3.63, 3.8) is 0 Å². The fourth-order valence-electron chi connectivity index (χ4n) is 3.60. The summed E-state index contributed by atoms with van der Waals surface area (Å²) in [4.78, 5) is 18.8. The molecule has 0 spiro atoms. The molecule has 1 saturated heterocycles. The van der Waals surface area contributed by atoms with Crippen molar-refractivity contribution in [1.82, 2.24) is 9.97 Å². The van der Waals surface area contributed by atoms with Gasteiger partial charge < -0.3 is 14.5 Å². The first-order valence-electron chi connectivity index (χ1n) is 8.30. The summed E-state index contributed by atoms with van der Waals surface area (Å²) in [5, 5.41) is -0.370. The van der Waals surface area contributed by atoms with Crippen LogP contribution in [0.3, 0.4) is 0 Å². The smallest absolute Gasteiger partial charge is 0.259 e. The Bertz CT molecular complexity index is 905. The molecule has 0 radical (unpaired) electrons. The maximum atomic E-state index is 14.8. The second-order valence-electron chi connectivity index (χ2n) is 6.62. The van der Waals surface area contributed by atoms with E-state index in [9.17, 15) is 9.18 Å². The standard InChI is InChI=1S/C17H17Cl2FN2O3/c1-8-12(17(5-6-17)25-9-4-2-3-7-24-9)10-11(16(23)21-8)14(18)22-15(19)13(10)20/h9H,2-7H2,1H3,(H,21,23). The van der Waals surface area contributed by atoms with Gasteiger partial charge in [0.15, 0.2) is 17.3 Å². The molecule has 25 heavy (non-hydrogen) atoms. The van der Waals surface area contributed by atoms with E-state index in [0.29, 0.717) is 30.7 Å². The Balaban J connectivity index is 1.91. The summed E-state index contributed by atoms with van der Waals surface area (Å²) in [7, 11) is 0. The molecule has 1 saturated carbocycles. The lowest BCUT2D eigenvalue weighted by Gasteiger charge is -2.29. The normalized spacial score (nSPS) is 22.3. The molecule has 5 nitrogen and oxygen atoms in total. The van der Waals surface area contributed by atoms with Gasteiger partial charge in [-0.25, -0.2) is 9.37 Å². The van der Waals surface area contributed by atoms with Gasteiger partial charge in [0.1, 0.15) is 5.15 Å². The van der Waals surface area contributed by atoms with Crippen LogP contribution in [0.5, 0.6) is 0 Å². The average Bonchev–Trinajstić information content (AvgIpc) is 3.33. The number of pyridine rings is 2. The van der Waals surface area contributed by atoms with E-state index in [1.54, 1.807) is 6.92 Å². The van der Waals surface area contributed by atoms with Gasteiger partial charge in [-0.2, -0.15) is 0 Å². The monoisotopic (exact) mass is 386 g/mol. The maximum Gasteiger partial charge on any atom is 0.259 e. The van der Waals surface area contributed by atoms with E-state index in [-0.39, 0.29) is 27.4 Å². The Labute approximate surface area is 153 Å². The molecule has 2 aromatic rings. The lowest BCUT2D eigenvalue weighted by Crippen LogP contribution is -2.29. The minimum absolute atomic E-state index is 0.00334. The number of aromatic amines is 1. The first-order valence-corrected chi connectivity index (χ1v) is 9.05. The lowest BCUT2D eigenvalue weighted by atomic mass is 9.98. The van der Waals surface area contributed by atoms with E-state index >= 15 is 0 Å². The fraction of sp³-hybridized carbons (Fsp3) is 0.529. The molecule has 134 valence electrons. The zero-order valence-corrected chi connectivity index (χ0v) is 15.1. The summed E-state index contributed by atoms with van der Waals surface area (Å²) in [6.45, 7) is 2.38. The SMILES string of the molecule is Cc1[nH]c(=O)c2c(Cl)nc(Cl)c(F)c2c1C1(OC2CCCCO2)CC1. The zero-order chi connectivity index (χ0) is 17.8. The van der Waals surface area contributed by atoms with Crippen LogP contribution in [0.4, 0.5) is 4.39 Å². The molecule has 2 fully saturated rings. The number of hydrogen-bond donors (Lipinski definition) is 1. The molecule has 4 rings (SSSR count). The second kappa shape index (κ2) is 6.20. The van der Waals surface area contributed by atoms with Crippen molar-refractivity contribution >= 4 is 34.0 Å². The highest BCUT2D eigenvalue weighted by Crippen LogP contribution is 2.54. The molecule has 1 N–H and O–H groups in total. The van der Waals surface area contributed by atoms with Crippen molar-refractivity contribution < 1.29 is 13.9 Å². The highest BCUT2D eigenvalue weighted by Gasteiger charge is 2.50. The summed E-state index contributed by atoms with van der Waals surface area (Å²) in [5.74, 6) is -0.746. The van der Waals surface area contributed by atoms with Gasteiger partial charge in [0.2, 0.25) is 0 Å². The number of H-pyrrole nitrogens is 1. The van der Waals surface area contributed by atoms with Gasteiger partial charge in [0.25, 0.3) is 5.56 Å². The third kappa shape index (κ3) is 2.85.